The van der Waals surface area contributed by atoms with Crippen LogP contribution in [0.1, 0.15) is 33.6 Å². The molecule has 0 spiro atoms. The van der Waals surface area contributed by atoms with Crippen LogP contribution in [0, 0.1) is 12.0 Å². The highest BCUT2D eigenvalue weighted by molar-refractivity contribution is 5.66. The lowest BCUT2D eigenvalue weighted by atomic mass is 10.3. The van der Waals surface area contributed by atoms with Crippen molar-refractivity contribution < 1.29 is 14.3 Å². The van der Waals surface area contributed by atoms with E-state index in [1.807, 2.05) is 6.92 Å². The fourth-order valence-electron chi connectivity index (χ4n) is 0.687. The van der Waals surface area contributed by atoms with Crippen molar-refractivity contribution in [3.05, 3.63) is 0 Å². The molecule has 0 radical (unpaired) electrons. The van der Waals surface area contributed by atoms with Crippen LogP contribution in [0.15, 0.2) is 0 Å². The highest BCUT2D eigenvalue weighted by atomic mass is 16.7. The summed E-state index contributed by atoms with van der Waals surface area (Å²) >= 11 is 0. The predicted octanol–water partition coefficient (Wildman–Crippen LogP) is 1.67. The van der Waals surface area contributed by atoms with Gasteiger partial charge in [-0.15, -0.1) is 0 Å². The van der Waals surface area contributed by atoms with Gasteiger partial charge in [0, 0.05) is 20.3 Å². The van der Waals surface area contributed by atoms with Crippen LogP contribution >= 0.6 is 0 Å². The van der Waals surface area contributed by atoms with E-state index >= 15 is 0 Å². The van der Waals surface area contributed by atoms with E-state index in [4.69, 9.17) is 9.47 Å². The number of rotatable bonds is 4. The average molecular weight is 170 g/mol. The second-order valence-corrected chi connectivity index (χ2v) is 2.30. The van der Waals surface area contributed by atoms with Crippen molar-refractivity contribution in [2.24, 2.45) is 0 Å². The molecule has 0 aliphatic heterocycles. The van der Waals surface area contributed by atoms with Crippen molar-refractivity contribution in [1.29, 1.82) is 0 Å². The number of carbonyl (C=O) groups excluding carboxylic acids is 1. The summed E-state index contributed by atoms with van der Waals surface area (Å²) in [5.74, 6) is 2.22. The lowest BCUT2D eigenvalue weighted by molar-refractivity contribution is -0.165. The van der Waals surface area contributed by atoms with E-state index in [1.165, 1.54) is 6.92 Å². The standard InChI is InChI=1S/C9H14O3/c1-4-6-9(11-7-5-2)12-8(3)10/h9H,4,6H2,1-3H3. The molecule has 0 fully saturated rings. The highest BCUT2D eigenvalue weighted by Crippen LogP contribution is 2.03. The molecule has 0 aromatic heterocycles. The number of carbonyl (C=O) groups is 1. The van der Waals surface area contributed by atoms with E-state index in [1.54, 1.807) is 6.92 Å². The molecule has 0 heterocycles. The van der Waals surface area contributed by atoms with Crippen LogP contribution in [0.3, 0.4) is 0 Å². The summed E-state index contributed by atoms with van der Waals surface area (Å²) in [6.07, 6.45) is 3.46. The van der Waals surface area contributed by atoms with Gasteiger partial charge in [-0.1, -0.05) is 12.8 Å². The molecule has 3 nitrogen and oxygen atoms in total. The second kappa shape index (κ2) is 6.53. The van der Waals surface area contributed by atoms with E-state index in [-0.39, 0.29) is 5.97 Å². The Morgan fingerprint density at radius 1 is 1.58 bits per heavy atom. The lowest BCUT2D eigenvalue weighted by Gasteiger charge is -2.12. The van der Waals surface area contributed by atoms with Gasteiger partial charge in [0.2, 0.25) is 0 Å². The quantitative estimate of drug-likeness (QED) is 0.366. The van der Waals surface area contributed by atoms with Gasteiger partial charge in [0.05, 0.1) is 0 Å². The Bertz CT molecular complexity index is 188. The summed E-state index contributed by atoms with van der Waals surface area (Å²) in [7, 11) is 0. The van der Waals surface area contributed by atoms with Gasteiger partial charge >= 0.3 is 5.97 Å². The first-order valence-corrected chi connectivity index (χ1v) is 3.95. The molecule has 0 aromatic carbocycles. The molecule has 0 aromatic rings. The van der Waals surface area contributed by atoms with Crippen LogP contribution in [-0.4, -0.2) is 12.3 Å². The minimum absolute atomic E-state index is 0.341. The molecule has 3 heteroatoms. The van der Waals surface area contributed by atoms with Gasteiger partial charge in [-0.3, -0.25) is 4.79 Å². The molecule has 0 N–H and O–H groups in total. The zero-order valence-electron chi connectivity index (χ0n) is 7.72. The van der Waals surface area contributed by atoms with Crippen molar-refractivity contribution in [2.45, 2.75) is 39.9 Å². The summed E-state index contributed by atoms with van der Waals surface area (Å²) < 4.78 is 9.77. The predicted molar refractivity (Wildman–Crippen MR) is 45.0 cm³/mol. The van der Waals surface area contributed by atoms with Crippen molar-refractivity contribution in [2.75, 3.05) is 0 Å². The van der Waals surface area contributed by atoms with Gasteiger partial charge in [-0.25, -0.2) is 0 Å². The van der Waals surface area contributed by atoms with Gasteiger partial charge in [-0.2, -0.15) is 0 Å². The topological polar surface area (TPSA) is 35.5 Å². The summed E-state index contributed by atoms with van der Waals surface area (Å²) in [5.41, 5.74) is 0. The normalized spacial score (nSPS) is 10.9. The molecule has 1 atom stereocenters. The maximum absolute atomic E-state index is 10.5. The third kappa shape index (κ3) is 5.60. The Morgan fingerprint density at radius 2 is 2.25 bits per heavy atom. The minimum Gasteiger partial charge on any atom is -0.425 e. The Morgan fingerprint density at radius 3 is 2.67 bits per heavy atom. The molecule has 0 rings (SSSR count). The number of ether oxygens (including phenoxy) is 2. The minimum atomic E-state index is -0.514. The molecule has 0 aliphatic rings. The average Bonchev–Trinajstić information content (AvgIpc) is 2.00. The molecular formula is C9H14O3. The van der Waals surface area contributed by atoms with Crippen molar-refractivity contribution in [1.82, 2.24) is 0 Å². The second-order valence-electron chi connectivity index (χ2n) is 2.30. The molecule has 68 valence electrons. The number of hydrogen-bond acceptors (Lipinski definition) is 3. The lowest BCUT2D eigenvalue weighted by Crippen LogP contribution is -2.17. The maximum Gasteiger partial charge on any atom is 0.305 e. The third-order valence-electron chi connectivity index (χ3n) is 1.11. The maximum atomic E-state index is 10.5. The van der Waals surface area contributed by atoms with Crippen LogP contribution < -0.4 is 0 Å². The van der Waals surface area contributed by atoms with Crippen LogP contribution in [-0.2, 0) is 14.3 Å². The van der Waals surface area contributed by atoms with Crippen molar-refractivity contribution in [3.63, 3.8) is 0 Å². The van der Waals surface area contributed by atoms with Crippen LogP contribution in [0.2, 0.25) is 0 Å². The van der Waals surface area contributed by atoms with Gasteiger partial charge < -0.3 is 9.47 Å². The number of hydrogen-bond donors (Lipinski definition) is 0. The van der Waals surface area contributed by atoms with E-state index in [0.29, 0.717) is 6.42 Å². The monoisotopic (exact) mass is 170 g/mol. The molecule has 0 aliphatic carbocycles. The van der Waals surface area contributed by atoms with Gasteiger partial charge in [-0.05, 0) is 6.42 Å². The summed E-state index contributed by atoms with van der Waals surface area (Å²) in [5, 5.41) is 0. The third-order valence-corrected chi connectivity index (χ3v) is 1.11. The zero-order valence-corrected chi connectivity index (χ0v) is 7.72. The van der Waals surface area contributed by atoms with Crippen LogP contribution in [0.5, 0.6) is 0 Å². The van der Waals surface area contributed by atoms with E-state index in [0.717, 1.165) is 6.42 Å². The first kappa shape index (κ1) is 10.8. The molecule has 0 saturated heterocycles. The highest BCUT2D eigenvalue weighted by Gasteiger charge is 2.09. The molecule has 12 heavy (non-hydrogen) atoms. The van der Waals surface area contributed by atoms with Crippen molar-refractivity contribution in [3.8, 4) is 12.0 Å². The first-order valence-electron chi connectivity index (χ1n) is 3.95. The van der Waals surface area contributed by atoms with Crippen molar-refractivity contribution >= 4 is 5.97 Å². The van der Waals surface area contributed by atoms with E-state index in [9.17, 15) is 4.79 Å². The first-order chi connectivity index (χ1) is 5.70. The fourth-order valence-corrected chi connectivity index (χ4v) is 0.687. The Balaban J connectivity index is 3.82. The fraction of sp³-hybridized carbons (Fsp3) is 0.667. The summed E-state index contributed by atoms with van der Waals surface area (Å²) in [4.78, 5) is 10.5. The SMILES string of the molecule is CC#COC(CCC)OC(C)=O. The molecule has 0 bridgehead atoms. The summed E-state index contributed by atoms with van der Waals surface area (Å²) in [6, 6.07) is 0. The molecule has 0 amide bonds. The summed E-state index contributed by atoms with van der Waals surface area (Å²) in [6.45, 7) is 5.00. The Labute approximate surface area is 73.0 Å². The Kier molecular flexibility index (Phi) is 5.90. The van der Waals surface area contributed by atoms with Crippen LogP contribution in [0.25, 0.3) is 0 Å². The molecular weight excluding hydrogens is 156 g/mol. The largest absolute Gasteiger partial charge is 0.425 e. The van der Waals surface area contributed by atoms with Gasteiger partial charge in [0.15, 0.2) is 0 Å². The Hall–Kier alpha value is -1.17. The van der Waals surface area contributed by atoms with E-state index in [2.05, 4.69) is 12.0 Å². The smallest absolute Gasteiger partial charge is 0.305 e. The number of esters is 1. The van der Waals surface area contributed by atoms with Gasteiger partial charge in [0.25, 0.3) is 6.29 Å². The molecule has 1 unspecified atom stereocenters. The van der Waals surface area contributed by atoms with E-state index < -0.39 is 6.29 Å². The van der Waals surface area contributed by atoms with Gasteiger partial charge in [0.1, 0.15) is 6.11 Å². The van der Waals surface area contributed by atoms with Crippen LogP contribution in [0.4, 0.5) is 0 Å². The zero-order chi connectivity index (χ0) is 9.40. The molecule has 0 saturated carbocycles.